The Morgan fingerprint density at radius 1 is 1.58 bits per heavy atom. The summed E-state index contributed by atoms with van der Waals surface area (Å²) in [5, 5.41) is 29.4. The fourth-order valence-electron chi connectivity index (χ4n) is 1.77. The molecule has 1 saturated heterocycles. The summed E-state index contributed by atoms with van der Waals surface area (Å²) in [7, 11) is 0. The van der Waals surface area contributed by atoms with Crippen molar-refractivity contribution >= 4 is 17.8 Å². The molecule has 0 aliphatic carbocycles. The SMILES string of the molecule is CC(CC(O)CO)(OC(=O)[C@@H]1CCC(=O)N1)C(=O)O. The van der Waals surface area contributed by atoms with Crippen LogP contribution < -0.4 is 5.32 Å². The van der Waals surface area contributed by atoms with Crippen molar-refractivity contribution in [1.82, 2.24) is 5.32 Å². The second-order valence-corrected chi connectivity index (χ2v) is 4.66. The number of carboxylic acid groups (broad SMARTS) is 1. The third-order valence-corrected chi connectivity index (χ3v) is 2.89. The lowest BCUT2D eigenvalue weighted by Crippen LogP contribution is -2.47. The molecule has 0 bridgehead atoms. The Hall–Kier alpha value is -1.67. The van der Waals surface area contributed by atoms with E-state index >= 15 is 0 Å². The minimum absolute atomic E-state index is 0.183. The number of aliphatic carboxylic acids is 1. The van der Waals surface area contributed by atoms with E-state index in [9.17, 15) is 19.5 Å². The average molecular weight is 275 g/mol. The molecule has 1 fully saturated rings. The maximum atomic E-state index is 11.7. The van der Waals surface area contributed by atoms with Gasteiger partial charge in [-0.2, -0.15) is 0 Å². The molecule has 1 amide bonds. The van der Waals surface area contributed by atoms with Crippen LogP contribution in [0.25, 0.3) is 0 Å². The van der Waals surface area contributed by atoms with Gasteiger partial charge in [0.15, 0.2) is 0 Å². The smallest absolute Gasteiger partial charge is 0.347 e. The van der Waals surface area contributed by atoms with Gasteiger partial charge >= 0.3 is 11.9 Å². The zero-order chi connectivity index (χ0) is 14.6. The fraction of sp³-hybridized carbons (Fsp3) is 0.727. The molecule has 0 aromatic carbocycles. The van der Waals surface area contributed by atoms with Gasteiger partial charge in [0.05, 0.1) is 12.7 Å². The molecule has 1 aliphatic rings. The third-order valence-electron chi connectivity index (χ3n) is 2.89. The van der Waals surface area contributed by atoms with Crippen molar-refractivity contribution in [2.24, 2.45) is 0 Å². The van der Waals surface area contributed by atoms with Crippen LogP contribution in [0.15, 0.2) is 0 Å². The molecule has 1 rings (SSSR count). The van der Waals surface area contributed by atoms with Crippen molar-refractivity contribution in [2.75, 3.05) is 6.61 Å². The Kier molecular flexibility index (Phi) is 4.84. The van der Waals surface area contributed by atoms with Crippen molar-refractivity contribution in [1.29, 1.82) is 0 Å². The number of rotatable bonds is 6. The monoisotopic (exact) mass is 275 g/mol. The lowest BCUT2D eigenvalue weighted by Gasteiger charge is -2.28. The van der Waals surface area contributed by atoms with Crippen LogP contribution in [-0.2, 0) is 19.1 Å². The van der Waals surface area contributed by atoms with Crippen LogP contribution in [0.5, 0.6) is 0 Å². The summed E-state index contributed by atoms with van der Waals surface area (Å²) in [6, 6.07) is -0.863. The molecular weight excluding hydrogens is 258 g/mol. The van der Waals surface area contributed by atoms with E-state index in [-0.39, 0.29) is 18.7 Å². The lowest BCUT2D eigenvalue weighted by atomic mass is 9.98. The van der Waals surface area contributed by atoms with Crippen molar-refractivity contribution in [3.63, 3.8) is 0 Å². The topological polar surface area (TPSA) is 133 Å². The number of carbonyl (C=O) groups is 3. The molecular formula is C11H17NO7. The Morgan fingerprint density at radius 3 is 2.63 bits per heavy atom. The van der Waals surface area contributed by atoms with Gasteiger partial charge in [-0.25, -0.2) is 9.59 Å². The first-order valence-electron chi connectivity index (χ1n) is 5.83. The predicted molar refractivity (Wildman–Crippen MR) is 61.0 cm³/mol. The molecule has 0 spiro atoms. The summed E-state index contributed by atoms with van der Waals surface area (Å²) in [6.07, 6.45) is -1.32. The summed E-state index contributed by atoms with van der Waals surface area (Å²) in [4.78, 5) is 33.8. The van der Waals surface area contributed by atoms with E-state index in [2.05, 4.69) is 5.32 Å². The van der Waals surface area contributed by atoms with Crippen molar-refractivity contribution in [3.8, 4) is 0 Å². The first kappa shape index (κ1) is 15.4. The molecule has 19 heavy (non-hydrogen) atoms. The standard InChI is InChI=1S/C11H17NO7/c1-11(10(17)18,4-6(14)5-13)19-9(16)7-2-3-8(15)12-7/h6-7,13-14H,2-5H2,1H3,(H,12,15)(H,17,18)/t6?,7-,11?/m0/s1. The van der Waals surface area contributed by atoms with Gasteiger partial charge in [0.1, 0.15) is 6.04 Å². The van der Waals surface area contributed by atoms with Crippen molar-refractivity contribution in [2.45, 2.75) is 43.9 Å². The molecule has 1 heterocycles. The molecule has 2 unspecified atom stereocenters. The van der Waals surface area contributed by atoms with E-state index in [1.165, 1.54) is 0 Å². The number of carbonyl (C=O) groups excluding carboxylic acids is 2. The normalized spacial score (nSPS) is 23.3. The van der Waals surface area contributed by atoms with Gasteiger partial charge in [0.2, 0.25) is 11.5 Å². The molecule has 8 nitrogen and oxygen atoms in total. The molecule has 4 N–H and O–H groups in total. The van der Waals surface area contributed by atoms with Gasteiger partial charge in [-0.05, 0) is 13.3 Å². The Balaban J connectivity index is 2.70. The second kappa shape index (κ2) is 5.98. The molecule has 0 aromatic rings. The zero-order valence-corrected chi connectivity index (χ0v) is 10.5. The van der Waals surface area contributed by atoms with Crippen molar-refractivity contribution < 1.29 is 34.4 Å². The van der Waals surface area contributed by atoms with Crippen LogP contribution in [0.3, 0.4) is 0 Å². The predicted octanol–water partition coefficient (Wildman–Crippen LogP) is -1.61. The maximum absolute atomic E-state index is 11.7. The lowest BCUT2D eigenvalue weighted by molar-refractivity contribution is -0.181. The molecule has 0 radical (unpaired) electrons. The Bertz CT molecular complexity index is 383. The van der Waals surface area contributed by atoms with Crippen LogP contribution in [0.2, 0.25) is 0 Å². The van der Waals surface area contributed by atoms with E-state index in [0.717, 1.165) is 6.92 Å². The van der Waals surface area contributed by atoms with Crippen LogP contribution >= 0.6 is 0 Å². The number of ether oxygens (including phenoxy) is 1. The molecule has 8 heteroatoms. The Morgan fingerprint density at radius 2 is 2.21 bits per heavy atom. The fourth-order valence-corrected chi connectivity index (χ4v) is 1.77. The minimum atomic E-state index is -1.95. The minimum Gasteiger partial charge on any atom is -0.478 e. The number of esters is 1. The van der Waals surface area contributed by atoms with Gasteiger partial charge in [0, 0.05) is 12.8 Å². The van der Waals surface area contributed by atoms with Crippen LogP contribution in [0.1, 0.15) is 26.2 Å². The van der Waals surface area contributed by atoms with Gasteiger partial charge in [0.25, 0.3) is 0 Å². The van der Waals surface area contributed by atoms with E-state index in [0.29, 0.717) is 0 Å². The van der Waals surface area contributed by atoms with Gasteiger partial charge in [-0.3, -0.25) is 4.79 Å². The van der Waals surface area contributed by atoms with Crippen LogP contribution in [-0.4, -0.2) is 57.5 Å². The molecule has 0 saturated carbocycles. The number of hydrogen-bond donors (Lipinski definition) is 4. The van der Waals surface area contributed by atoms with E-state index < -0.39 is 42.7 Å². The maximum Gasteiger partial charge on any atom is 0.347 e. The number of hydrogen-bond acceptors (Lipinski definition) is 6. The van der Waals surface area contributed by atoms with Crippen LogP contribution in [0.4, 0.5) is 0 Å². The molecule has 0 aromatic heterocycles. The number of carboxylic acids is 1. The molecule has 108 valence electrons. The summed E-state index contributed by atoms with van der Waals surface area (Å²) < 4.78 is 4.88. The van der Waals surface area contributed by atoms with Gasteiger partial charge < -0.3 is 25.4 Å². The zero-order valence-electron chi connectivity index (χ0n) is 10.5. The number of aliphatic hydroxyl groups is 2. The van der Waals surface area contributed by atoms with Crippen LogP contribution in [0, 0.1) is 0 Å². The van der Waals surface area contributed by atoms with E-state index in [4.69, 9.17) is 14.9 Å². The quantitative estimate of drug-likeness (QED) is 0.429. The highest BCUT2D eigenvalue weighted by atomic mass is 16.6. The number of aliphatic hydroxyl groups excluding tert-OH is 2. The first-order chi connectivity index (χ1) is 8.78. The van der Waals surface area contributed by atoms with Gasteiger partial charge in [-0.15, -0.1) is 0 Å². The highest BCUT2D eigenvalue weighted by molar-refractivity contribution is 5.90. The highest BCUT2D eigenvalue weighted by Gasteiger charge is 2.42. The van der Waals surface area contributed by atoms with Gasteiger partial charge in [-0.1, -0.05) is 0 Å². The Labute approximate surface area is 109 Å². The third kappa shape index (κ3) is 3.90. The second-order valence-electron chi connectivity index (χ2n) is 4.66. The van der Waals surface area contributed by atoms with E-state index in [1.54, 1.807) is 0 Å². The van der Waals surface area contributed by atoms with E-state index in [1.807, 2.05) is 0 Å². The molecule has 1 aliphatic heterocycles. The summed E-state index contributed by atoms with van der Waals surface area (Å²) in [5.41, 5.74) is -1.95. The summed E-state index contributed by atoms with van der Waals surface area (Å²) in [6.45, 7) is 0.490. The molecule has 3 atom stereocenters. The number of amides is 1. The summed E-state index contributed by atoms with van der Waals surface area (Å²) in [5.74, 6) is -2.59. The van der Waals surface area contributed by atoms with Crippen molar-refractivity contribution in [3.05, 3.63) is 0 Å². The average Bonchev–Trinajstić information content (AvgIpc) is 2.75. The highest BCUT2D eigenvalue weighted by Crippen LogP contribution is 2.21. The largest absolute Gasteiger partial charge is 0.478 e. The summed E-state index contributed by atoms with van der Waals surface area (Å²) >= 11 is 0. The number of nitrogens with one attached hydrogen (secondary N) is 1. The first-order valence-corrected chi connectivity index (χ1v) is 5.83.